The van der Waals surface area contributed by atoms with E-state index in [-0.39, 0.29) is 24.2 Å². The minimum atomic E-state index is -0.900. The molecule has 0 radical (unpaired) electrons. The summed E-state index contributed by atoms with van der Waals surface area (Å²) in [4.78, 5) is 22.8. The van der Waals surface area contributed by atoms with Gasteiger partial charge in [0.1, 0.15) is 5.82 Å². The summed E-state index contributed by atoms with van der Waals surface area (Å²) in [6.07, 6.45) is 0.339. The number of carbonyl (C=O) groups is 2. The molecule has 1 amide bonds. The summed E-state index contributed by atoms with van der Waals surface area (Å²) >= 11 is 0. The SMILES string of the molecule is CC(CCC(=O)O)NC(=O)c1ccc(F)c2ccccc12. The Hall–Kier alpha value is -2.43. The van der Waals surface area contributed by atoms with E-state index >= 15 is 0 Å². The van der Waals surface area contributed by atoms with Gasteiger partial charge in [-0.15, -0.1) is 0 Å². The van der Waals surface area contributed by atoms with Crippen molar-refractivity contribution in [2.45, 2.75) is 25.8 Å². The van der Waals surface area contributed by atoms with Gasteiger partial charge in [0.15, 0.2) is 0 Å². The molecule has 0 saturated heterocycles. The molecule has 0 aromatic heterocycles. The highest BCUT2D eigenvalue weighted by Crippen LogP contribution is 2.21. The van der Waals surface area contributed by atoms with Crippen LogP contribution in [-0.2, 0) is 4.79 Å². The molecule has 21 heavy (non-hydrogen) atoms. The molecule has 1 unspecified atom stereocenters. The summed E-state index contributed by atoms with van der Waals surface area (Å²) in [5.74, 6) is -1.60. The topological polar surface area (TPSA) is 66.4 Å². The first kappa shape index (κ1) is 15.0. The second-order valence-electron chi connectivity index (χ2n) is 4.95. The zero-order valence-corrected chi connectivity index (χ0v) is 11.6. The van der Waals surface area contributed by atoms with Crippen LogP contribution in [-0.4, -0.2) is 23.0 Å². The summed E-state index contributed by atoms with van der Waals surface area (Å²) in [6.45, 7) is 1.74. The number of nitrogens with one attached hydrogen (secondary N) is 1. The fourth-order valence-electron chi connectivity index (χ4n) is 2.17. The van der Waals surface area contributed by atoms with Gasteiger partial charge < -0.3 is 10.4 Å². The average Bonchev–Trinajstić information content (AvgIpc) is 2.45. The molecular weight excluding hydrogens is 273 g/mol. The molecule has 0 saturated carbocycles. The molecule has 0 bridgehead atoms. The smallest absolute Gasteiger partial charge is 0.303 e. The fourth-order valence-corrected chi connectivity index (χ4v) is 2.17. The fraction of sp³-hybridized carbons (Fsp3) is 0.250. The number of rotatable bonds is 5. The Morgan fingerprint density at radius 2 is 1.86 bits per heavy atom. The van der Waals surface area contributed by atoms with Crippen LogP contribution in [0.15, 0.2) is 36.4 Å². The maximum atomic E-state index is 13.7. The van der Waals surface area contributed by atoms with Crippen LogP contribution < -0.4 is 5.32 Å². The Kier molecular flexibility index (Phi) is 4.52. The summed E-state index contributed by atoms with van der Waals surface area (Å²) in [6, 6.07) is 9.20. The first-order valence-electron chi connectivity index (χ1n) is 6.69. The lowest BCUT2D eigenvalue weighted by atomic mass is 10.0. The van der Waals surface area contributed by atoms with Gasteiger partial charge >= 0.3 is 5.97 Å². The Morgan fingerprint density at radius 1 is 1.19 bits per heavy atom. The number of carboxylic acid groups (broad SMARTS) is 1. The molecule has 0 aliphatic heterocycles. The van der Waals surface area contributed by atoms with E-state index in [1.54, 1.807) is 31.2 Å². The molecule has 0 aliphatic rings. The van der Waals surface area contributed by atoms with E-state index in [4.69, 9.17) is 5.11 Å². The monoisotopic (exact) mass is 289 g/mol. The van der Waals surface area contributed by atoms with Gasteiger partial charge in [0.05, 0.1) is 0 Å². The van der Waals surface area contributed by atoms with E-state index in [1.807, 2.05) is 0 Å². The van der Waals surface area contributed by atoms with Crippen molar-refractivity contribution in [3.05, 3.63) is 47.8 Å². The summed E-state index contributed by atoms with van der Waals surface area (Å²) < 4.78 is 13.7. The number of carbonyl (C=O) groups excluding carboxylic acids is 1. The molecule has 2 aromatic rings. The largest absolute Gasteiger partial charge is 0.481 e. The van der Waals surface area contributed by atoms with Crippen LogP contribution in [0.2, 0.25) is 0 Å². The molecule has 2 N–H and O–H groups in total. The van der Waals surface area contributed by atoms with Gasteiger partial charge in [-0.3, -0.25) is 9.59 Å². The Morgan fingerprint density at radius 3 is 2.52 bits per heavy atom. The zero-order valence-electron chi connectivity index (χ0n) is 11.6. The molecule has 2 aromatic carbocycles. The minimum Gasteiger partial charge on any atom is -0.481 e. The van der Waals surface area contributed by atoms with Crippen LogP contribution >= 0.6 is 0 Å². The van der Waals surface area contributed by atoms with E-state index in [2.05, 4.69) is 5.32 Å². The highest BCUT2D eigenvalue weighted by atomic mass is 19.1. The van der Waals surface area contributed by atoms with Crippen molar-refractivity contribution in [3.8, 4) is 0 Å². The van der Waals surface area contributed by atoms with Crippen LogP contribution in [0, 0.1) is 5.82 Å². The van der Waals surface area contributed by atoms with Crippen LogP contribution in [0.4, 0.5) is 4.39 Å². The van der Waals surface area contributed by atoms with Crippen LogP contribution in [0.25, 0.3) is 10.8 Å². The zero-order chi connectivity index (χ0) is 15.4. The molecule has 0 fully saturated rings. The van der Waals surface area contributed by atoms with Gasteiger partial charge in [0, 0.05) is 23.4 Å². The number of benzene rings is 2. The van der Waals surface area contributed by atoms with Gasteiger partial charge in [-0.25, -0.2) is 4.39 Å². The summed E-state index contributed by atoms with van der Waals surface area (Å²) in [7, 11) is 0. The molecular formula is C16H16FNO3. The van der Waals surface area contributed by atoms with Crippen LogP contribution in [0.5, 0.6) is 0 Å². The molecule has 5 heteroatoms. The summed E-state index contributed by atoms with van der Waals surface area (Å²) in [5.41, 5.74) is 0.383. The normalized spacial score (nSPS) is 12.1. The number of carboxylic acids is 1. The number of fused-ring (bicyclic) bond motifs is 1. The number of aliphatic carboxylic acids is 1. The molecule has 0 aliphatic carbocycles. The van der Waals surface area contributed by atoms with Gasteiger partial charge in [0.25, 0.3) is 5.91 Å². The van der Waals surface area contributed by atoms with Crippen molar-refractivity contribution < 1.29 is 19.1 Å². The maximum absolute atomic E-state index is 13.7. The predicted octanol–water partition coefficient (Wildman–Crippen LogP) is 2.96. The van der Waals surface area contributed by atoms with Crippen LogP contribution in [0.1, 0.15) is 30.1 Å². The van der Waals surface area contributed by atoms with Gasteiger partial charge in [-0.05, 0) is 30.9 Å². The lowest BCUT2D eigenvalue weighted by molar-refractivity contribution is -0.137. The van der Waals surface area contributed by atoms with Crippen molar-refractivity contribution in [2.75, 3.05) is 0 Å². The number of hydrogen-bond donors (Lipinski definition) is 2. The second kappa shape index (κ2) is 6.35. The number of amides is 1. The second-order valence-corrected chi connectivity index (χ2v) is 4.95. The number of hydrogen-bond acceptors (Lipinski definition) is 2. The molecule has 110 valence electrons. The minimum absolute atomic E-state index is 0.00832. The molecule has 2 rings (SSSR count). The molecule has 1 atom stereocenters. The van der Waals surface area contributed by atoms with E-state index < -0.39 is 5.97 Å². The van der Waals surface area contributed by atoms with Gasteiger partial charge in [-0.2, -0.15) is 0 Å². The predicted molar refractivity (Wildman–Crippen MR) is 77.7 cm³/mol. The van der Waals surface area contributed by atoms with Gasteiger partial charge in [-0.1, -0.05) is 24.3 Å². The Labute approximate surface area is 121 Å². The highest BCUT2D eigenvalue weighted by molar-refractivity contribution is 6.07. The lowest BCUT2D eigenvalue weighted by Gasteiger charge is -2.14. The van der Waals surface area contributed by atoms with E-state index in [1.165, 1.54) is 12.1 Å². The van der Waals surface area contributed by atoms with E-state index in [0.717, 1.165) is 0 Å². The van der Waals surface area contributed by atoms with Crippen molar-refractivity contribution in [3.63, 3.8) is 0 Å². The van der Waals surface area contributed by atoms with E-state index in [0.29, 0.717) is 22.8 Å². The van der Waals surface area contributed by atoms with Crippen LogP contribution in [0.3, 0.4) is 0 Å². The average molecular weight is 289 g/mol. The third-order valence-corrected chi connectivity index (χ3v) is 3.28. The molecule has 0 heterocycles. The molecule has 0 spiro atoms. The van der Waals surface area contributed by atoms with E-state index in [9.17, 15) is 14.0 Å². The van der Waals surface area contributed by atoms with Crippen molar-refractivity contribution in [2.24, 2.45) is 0 Å². The van der Waals surface area contributed by atoms with Crippen molar-refractivity contribution in [1.82, 2.24) is 5.32 Å². The van der Waals surface area contributed by atoms with Crippen molar-refractivity contribution >= 4 is 22.6 Å². The lowest BCUT2D eigenvalue weighted by Crippen LogP contribution is -2.33. The van der Waals surface area contributed by atoms with Crippen molar-refractivity contribution in [1.29, 1.82) is 0 Å². The third-order valence-electron chi connectivity index (χ3n) is 3.28. The summed E-state index contributed by atoms with van der Waals surface area (Å²) in [5, 5.41) is 12.3. The van der Waals surface area contributed by atoms with Gasteiger partial charge in [0.2, 0.25) is 0 Å². The Bertz CT molecular complexity index is 684. The maximum Gasteiger partial charge on any atom is 0.303 e. The first-order chi connectivity index (χ1) is 9.99. The molecule has 4 nitrogen and oxygen atoms in total. The first-order valence-corrected chi connectivity index (χ1v) is 6.69. The number of halogens is 1. The third kappa shape index (κ3) is 3.56. The highest BCUT2D eigenvalue weighted by Gasteiger charge is 2.15. The standard InChI is InChI=1S/C16H16FNO3/c1-10(6-9-15(19)20)18-16(21)13-7-8-14(17)12-5-3-2-4-11(12)13/h2-5,7-8,10H,6,9H2,1H3,(H,18,21)(H,19,20). The quantitative estimate of drug-likeness (QED) is 0.889. The Balaban J connectivity index is 2.20.